The summed E-state index contributed by atoms with van der Waals surface area (Å²) < 4.78 is 5.55. The van der Waals surface area contributed by atoms with Gasteiger partial charge in [-0.3, -0.25) is 0 Å². The molecule has 0 amide bonds. The van der Waals surface area contributed by atoms with E-state index in [0.29, 0.717) is 0 Å². The first-order chi connectivity index (χ1) is 6.24. The van der Waals surface area contributed by atoms with Crippen molar-refractivity contribution in [2.75, 3.05) is 6.61 Å². The third-order valence-electron chi connectivity index (χ3n) is 2.18. The van der Waals surface area contributed by atoms with Crippen LogP contribution in [0.4, 0.5) is 0 Å². The highest BCUT2D eigenvalue weighted by atomic mass is 16.5. The van der Waals surface area contributed by atoms with E-state index in [9.17, 15) is 0 Å². The summed E-state index contributed by atoms with van der Waals surface area (Å²) in [5, 5.41) is 0. The molecular weight excluding hydrogens is 160 g/mol. The second-order valence-electron chi connectivity index (χ2n) is 3.37. The highest BCUT2D eigenvalue weighted by Crippen LogP contribution is 2.08. The second-order valence-corrected chi connectivity index (χ2v) is 3.37. The number of rotatable bonds is 7. The van der Waals surface area contributed by atoms with Crippen LogP contribution in [-0.4, -0.2) is 6.61 Å². The molecule has 0 heterocycles. The van der Waals surface area contributed by atoms with Gasteiger partial charge in [0.1, 0.15) is 5.76 Å². The maximum Gasteiger partial charge on any atom is 0.114 e. The molecule has 0 aliphatic rings. The van der Waals surface area contributed by atoms with Crippen LogP contribution >= 0.6 is 0 Å². The predicted molar refractivity (Wildman–Crippen MR) is 58.6 cm³/mol. The van der Waals surface area contributed by atoms with E-state index in [-0.39, 0.29) is 0 Å². The van der Waals surface area contributed by atoms with E-state index in [1.807, 2.05) is 0 Å². The molecule has 0 saturated carbocycles. The molecule has 0 aliphatic carbocycles. The van der Waals surface area contributed by atoms with Crippen molar-refractivity contribution in [2.45, 2.75) is 40.0 Å². The van der Waals surface area contributed by atoms with Gasteiger partial charge in [-0.15, -0.1) is 0 Å². The zero-order chi connectivity index (χ0) is 10.1. The highest BCUT2D eigenvalue weighted by molar-refractivity contribution is 5.07. The van der Waals surface area contributed by atoms with Crippen LogP contribution in [-0.2, 0) is 4.74 Å². The lowest BCUT2D eigenvalue weighted by Gasteiger charge is -2.10. The van der Waals surface area contributed by atoms with E-state index in [1.165, 1.54) is 6.42 Å². The van der Waals surface area contributed by atoms with Crippen molar-refractivity contribution in [1.82, 2.24) is 0 Å². The summed E-state index contributed by atoms with van der Waals surface area (Å²) >= 11 is 0. The summed E-state index contributed by atoms with van der Waals surface area (Å²) in [6.07, 6.45) is 7.20. The third kappa shape index (κ3) is 6.44. The average molecular weight is 182 g/mol. The van der Waals surface area contributed by atoms with Crippen LogP contribution in [0.3, 0.4) is 0 Å². The molecule has 1 heteroatoms. The average Bonchev–Trinajstić information content (AvgIpc) is 2.16. The first-order valence-corrected chi connectivity index (χ1v) is 5.19. The van der Waals surface area contributed by atoms with Crippen LogP contribution in [0.2, 0.25) is 0 Å². The Kier molecular flexibility index (Phi) is 7.47. The van der Waals surface area contributed by atoms with E-state index in [4.69, 9.17) is 4.74 Å². The minimum atomic E-state index is 0.757. The number of allylic oxidation sites excluding steroid dienone is 2. The molecule has 0 radical (unpaired) electrons. The summed E-state index contributed by atoms with van der Waals surface area (Å²) in [5.74, 6) is 1.68. The Bertz CT molecular complexity index is 159. The molecule has 0 bridgehead atoms. The predicted octanol–water partition coefficient (Wildman–Crippen LogP) is 3.92. The molecule has 1 unspecified atom stereocenters. The van der Waals surface area contributed by atoms with Gasteiger partial charge >= 0.3 is 0 Å². The molecule has 0 aromatic rings. The van der Waals surface area contributed by atoms with Crippen LogP contribution < -0.4 is 0 Å². The van der Waals surface area contributed by atoms with E-state index in [2.05, 4.69) is 33.4 Å². The quantitative estimate of drug-likeness (QED) is 0.428. The molecule has 0 fully saturated rings. The van der Waals surface area contributed by atoms with Gasteiger partial charge in [0.25, 0.3) is 0 Å². The molecular formula is C12H22O. The number of ether oxygens (including phenoxy) is 1. The molecule has 13 heavy (non-hydrogen) atoms. The van der Waals surface area contributed by atoms with Gasteiger partial charge in [-0.25, -0.2) is 0 Å². The second kappa shape index (κ2) is 7.90. The molecule has 0 aliphatic heterocycles. The fourth-order valence-electron chi connectivity index (χ4n) is 0.984. The first-order valence-electron chi connectivity index (χ1n) is 5.19. The summed E-state index contributed by atoms with van der Waals surface area (Å²) in [7, 11) is 0. The van der Waals surface area contributed by atoms with Crippen molar-refractivity contribution in [1.29, 1.82) is 0 Å². The lowest BCUT2D eigenvalue weighted by molar-refractivity contribution is 0.202. The fraction of sp³-hybridized carbons (Fsp3) is 0.667. The van der Waals surface area contributed by atoms with Crippen LogP contribution in [0, 0.1) is 5.92 Å². The molecule has 0 aromatic carbocycles. The monoisotopic (exact) mass is 182 g/mol. The first kappa shape index (κ1) is 12.3. The van der Waals surface area contributed by atoms with Crippen LogP contribution in [0.25, 0.3) is 0 Å². The topological polar surface area (TPSA) is 9.23 Å². The molecule has 0 N–H and O–H groups in total. The molecule has 0 aromatic heterocycles. The minimum absolute atomic E-state index is 0.757. The Morgan fingerprint density at radius 3 is 2.62 bits per heavy atom. The lowest BCUT2D eigenvalue weighted by atomic mass is 10.1. The molecule has 1 nitrogen and oxygen atoms in total. The van der Waals surface area contributed by atoms with Gasteiger partial charge in [0.15, 0.2) is 0 Å². The van der Waals surface area contributed by atoms with Gasteiger partial charge < -0.3 is 4.74 Å². The van der Waals surface area contributed by atoms with Gasteiger partial charge in [-0.1, -0.05) is 33.8 Å². The summed E-state index contributed by atoms with van der Waals surface area (Å²) in [4.78, 5) is 0. The third-order valence-corrected chi connectivity index (χ3v) is 2.18. The van der Waals surface area contributed by atoms with Crippen molar-refractivity contribution in [2.24, 2.45) is 5.92 Å². The fourth-order valence-corrected chi connectivity index (χ4v) is 0.984. The van der Waals surface area contributed by atoms with Gasteiger partial charge in [-0.05, 0) is 30.9 Å². The number of hydrogen-bond acceptors (Lipinski definition) is 1. The molecule has 0 rings (SSSR count). The SMILES string of the molecule is C=C/C(=C\CC)OCCC(C)CC. The zero-order valence-corrected chi connectivity index (χ0v) is 9.18. The number of hydrogen-bond donors (Lipinski definition) is 0. The van der Waals surface area contributed by atoms with Crippen molar-refractivity contribution < 1.29 is 4.74 Å². The Morgan fingerprint density at radius 2 is 2.15 bits per heavy atom. The van der Waals surface area contributed by atoms with Crippen molar-refractivity contribution in [3.05, 3.63) is 24.5 Å². The van der Waals surface area contributed by atoms with E-state index < -0.39 is 0 Å². The van der Waals surface area contributed by atoms with Crippen molar-refractivity contribution in [3.63, 3.8) is 0 Å². The largest absolute Gasteiger partial charge is 0.494 e. The van der Waals surface area contributed by atoms with E-state index in [0.717, 1.165) is 31.1 Å². The van der Waals surface area contributed by atoms with E-state index in [1.54, 1.807) is 6.08 Å². The standard InChI is InChI=1S/C12H22O/c1-5-8-12(7-3)13-10-9-11(4)6-2/h7-8,11H,3,5-6,9-10H2,1-2,4H3/b12-8+. The van der Waals surface area contributed by atoms with Crippen LogP contribution in [0.15, 0.2) is 24.5 Å². The van der Waals surface area contributed by atoms with Crippen molar-refractivity contribution in [3.8, 4) is 0 Å². The zero-order valence-electron chi connectivity index (χ0n) is 9.18. The highest BCUT2D eigenvalue weighted by Gasteiger charge is 1.98. The van der Waals surface area contributed by atoms with Gasteiger partial charge in [0.2, 0.25) is 0 Å². The smallest absolute Gasteiger partial charge is 0.114 e. The Balaban J connectivity index is 3.61. The van der Waals surface area contributed by atoms with E-state index >= 15 is 0 Å². The van der Waals surface area contributed by atoms with Crippen LogP contribution in [0.1, 0.15) is 40.0 Å². The normalized spacial score (nSPS) is 13.9. The molecule has 1 atom stereocenters. The van der Waals surface area contributed by atoms with Gasteiger partial charge in [0.05, 0.1) is 6.61 Å². The Labute approximate surface area is 82.5 Å². The van der Waals surface area contributed by atoms with Crippen molar-refractivity contribution >= 4 is 0 Å². The molecule has 76 valence electrons. The maximum absolute atomic E-state index is 5.55. The van der Waals surface area contributed by atoms with Gasteiger partial charge in [-0.2, -0.15) is 0 Å². The summed E-state index contributed by atoms with van der Waals surface area (Å²) in [6, 6.07) is 0. The molecule has 0 spiro atoms. The Hall–Kier alpha value is -0.720. The molecule has 0 saturated heterocycles. The minimum Gasteiger partial charge on any atom is -0.494 e. The Morgan fingerprint density at radius 1 is 1.46 bits per heavy atom. The van der Waals surface area contributed by atoms with Crippen LogP contribution in [0.5, 0.6) is 0 Å². The maximum atomic E-state index is 5.55. The lowest BCUT2D eigenvalue weighted by Crippen LogP contribution is -2.00. The van der Waals surface area contributed by atoms with Gasteiger partial charge in [0, 0.05) is 0 Å². The summed E-state index contributed by atoms with van der Waals surface area (Å²) in [5.41, 5.74) is 0. The summed E-state index contributed by atoms with van der Waals surface area (Å²) in [6.45, 7) is 11.1.